The molecule has 1 saturated heterocycles. The van der Waals surface area contributed by atoms with Crippen LogP contribution in [0.15, 0.2) is 0 Å². The second kappa shape index (κ2) is 5.50. The van der Waals surface area contributed by atoms with E-state index in [0.717, 1.165) is 23.9 Å². The largest absolute Gasteiger partial charge is 0.311 e. The standard InChI is InChI=1S/C14H28N2/c1-4-14-10-16(12(3)8-15-14)9-13-6-5-11(2)7-13/h11-15H,4-10H2,1-3H3. The zero-order valence-electron chi connectivity index (χ0n) is 11.2. The van der Waals surface area contributed by atoms with E-state index in [2.05, 4.69) is 31.0 Å². The Morgan fingerprint density at radius 2 is 2.06 bits per heavy atom. The van der Waals surface area contributed by atoms with Gasteiger partial charge in [0.15, 0.2) is 0 Å². The monoisotopic (exact) mass is 224 g/mol. The minimum Gasteiger partial charge on any atom is -0.311 e. The van der Waals surface area contributed by atoms with Gasteiger partial charge in [0.05, 0.1) is 0 Å². The van der Waals surface area contributed by atoms with Crippen LogP contribution in [0.2, 0.25) is 0 Å². The van der Waals surface area contributed by atoms with Gasteiger partial charge >= 0.3 is 0 Å². The molecule has 2 heteroatoms. The van der Waals surface area contributed by atoms with E-state index in [1.54, 1.807) is 0 Å². The van der Waals surface area contributed by atoms with E-state index < -0.39 is 0 Å². The zero-order chi connectivity index (χ0) is 11.5. The number of nitrogens with zero attached hydrogens (tertiary/aromatic N) is 1. The molecule has 0 radical (unpaired) electrons. The molecule has 2 aliphatic rings. The fraction of sp³-hybridized carbons (Fsp3) is 1.00. The summed E-state index contributed by atoms with van der Waals surface area (Å²) in [6.45, 7) is 10.9. The average Bonchev–Trinajstić information content (AvgIpc) is 2.67. The lowest BCUT2D eigenvalue weighted by atomic mass is 10.0. The van der Waals surface area contributed by atoms with Crippen molar-refractivity contribution in [1.82, 2.24) is 10.2 Å². The molecule has 2 fully saturated rings. The molecule has 0 aromatic rings. The normalized spacial score (nSPS) is 41.4. The van der Waals surface area contributed by atoms with Crippen LogP contribution in [0.25, 0.3) is 0 Å². The van der Waals surface area contributed by atoms with E-state index in [1.165, 1.54) is 45.3 Å². The van der Waals surface area contributed by atoms with Gasteiger partial charge in [-0.15, -0.1) is 0 Å². The van der Waals surface area contributed by atoms with Crippen molar-refractivity contribution in [3.63, 3.8) is 0 Å². The summed E-state index contributed by atoms with van der Waals surface area (Å²) >= 11 is 0. The van der Waals surface area contributed by atoms with Crippen molar-refractivity contribution in [2.24, 2.45) is 11.8 Å². The van der Waals surface area contributed by atoms with Crippen molar-refractivity contribution in [1.29, 1.82) is 0 Å². The number of rotatable bonds is 3. The number of hydrogen-bond acceptors (Lipinski definition) is 2. The molecule has 4 atom stereocenters. The molecule has 2 rings (SSSR count). The Balaban J connectivity index is 1.82. The summed E-state index contributed by atoms with van der Waals surface area (Å²) in [5.74, 6) is 1.96. The highest BCUT2D eigenvalue weighted by Gasteiger charge is 2.28. The zero-order valence-corrected chi connectivity index (χ0v) is 11.2. The maximum atomic E-state index is 3.64. The molecule has 1 aliphatic carbocycles. The molecule has 1 heterocycles. The van der Waals surface area contributed by atoms with Gasteiger partial charge < -0.3 is 5.32 Å². The molecule has 1 N–H and O–H groups in total. The molecule has 0 aromatic carbocycles. The first-order valence-corrected chi connectivity index (χ1v) is 7.16. The van der Waals surface area contributed by atoms with Gasteiger partial charge in [-0.3, -0.25) is 4.90 Å². The molecule has 2 nitrogen and oxygen atoms in total. The van der Waals surface area contributed by atoms with Gasteiger partial charge in [0.1, 0.15) is 0 Å². The third-order valence-electron chi connectivity index (χ3n) is 4.57. The third-order valence-corrected chi connectivity index (χ3v) is 4.57. The van der Waals surface area contributed by atoms with Crippen LogP contribution in [-0.2, 0) is 0 Å². The van der Waals surface area contributed by atoms with Crippen molar-refractivity contribution in [2.75, 3.05) is 19.6 Å². The highest BCUT2D eigenvalue weighted by atomic mass is 15.2. The van der Waals surface area contributed by atoms with Gasteiger partial charge in [-0.2, -0.15) is 0 Å². The first kappa shape index (κ1) is 12.4. The van der Waals surface area contributed by atoms with Crippen LogP contribution >= 0.6 is 0 Å². The minimum atomic E-state index is 0.732. The van der Waals surface area contributed by atoms with Crippen LogP contribution in [0.3, 0.4) is 0 Å². The minimum absolute atomic E-state index is 0.732. The molecule has 94 valence electrons. The molecule has 0 aromatic heterocycles. The smallest absolute Gasteiger partial charge is 0.0193 e. The van der Waals surface area contributed by atoms with Crippen molar-refractivity contribution in [3.8, 4) is 0 Å². The van der Waals surface area contributed by atoms with Crippen molar-refractivity contribution >= 4 is 0 Å². The summed E-state index contributed by atoms with van der Waals surface area (Å²) in [6.07, 6.45) is 5.66. The van der Waals surface area contributed by atoms with Gasteiger partial charge in [-0.05, 0) is 38.0 Å². The van der Waals surface area contributed by atoms with Crippen molar-refractivity contribution in [2.45, 2.75) is 58.5 Å². The van der Waals surface area contributed by atoms with E-state index in [1.807, 2.05) is 0 Å². The second-order valence-corrected chi connectivity index (χ2v) is 6.10. The SMILES string of the molecule is CCC1CN(CC2CCC(C)C2)C(C)CN1. The number of hydrogen-bond donors (Lipinski definition) is 1. The second-order valence-electron chi connectivity index (χ2n) is 6.10. The van der Waals surface area contributed by atoms with E-state index in [4.69, 9.17) is 0 Å². The molecule has 1 saturated carbocycles. The summed E-state index contributed by atoms with van der Waals surface area (Å²) in [7, 11) is 0. The molecular weight excluding hydrogens is 196 g/mol. The quantitative estimate of drug-likeness (QED) is 0.792. The Kier molecular flexibility index (Phi) is 4.26. The molecule has 4 unspecified atom stereocenters. The maximum Gasteiger partial charge on any atom is 0.0193 e. The first-order valence-electron chi connectivity index (χ1n) is 7.16. The Bertz CT molecular complexity index is 217. The summed E-state index contributed by atoms with van der Waals surface area (Å²) in [5.41, 5.74) is 0. The van der Waals surface area contributed by atoms with Crippen LogP contribution in [0.4, 0.5) is 0 Å². The lowest BCUT2D eigenvalue weighted by Crippen LogP contribution is -2.56. The third kappa shape index (κ3) is 2.98. The fourth-order valence-electron chi connectivity index (χ4n) is 3.34. The Labute approximate surface area is 101 Å². The molecule has 16 heavy (non-hydrogen) atoms. The highest BCUT2D eigenvalue weighted by molar-refractivity contribution is 4.85. The van der Waals surface area contributed by atoms with E-state index in [0.29, 0.717) is 0 Å². The summed E-state index contributed by atoms with van der Waals surface area (Å²) in [4.78, 5) is 2.73. The first-order chi connectivity index (χ1) is 7.69. The Hall–Kier alpha value is -0.0800. The van der Waals surface area contributed by atoms with Crippen molar-refractivity contribution in [3.05, 3.63) is 0 Å². The van der Waals surface area contributed by atoms with Crippen LogP contribution in [0, 0.1) is 11.8 Å². The van der Waals surface area contributed by atoms with Crippen molar-refractivity contribution < 1.29 is 0 Å². The van der Waals surface area contributed by atoms with Crippen LogP contribution in [0.1, 0.15) is 46.5 Å². The molecule has 1 aliphatic heterocycles. The van der Waals surface area contributed by atoms with E-state index in [-0.39, 0.29) is 0 Å². The maximum absolute atomic E-state index is 3.64. The lowest BCUT2D eigenvalue weighted by molar-refractivity contribution is 0.118. The molecule has 0 amide bonds. The van der Waals surface area contributed by atoms with Gasteiger partial charge in [0.25, 0.3) is 0 Å². The Morgan fingerprint density at radius 1 is 1.25 bits per heavy atom. The molecule has 0 bridgehead atoms. The van der Waals surface area contributed by atoms with Gasteiger partial charge in [0, 0.05) is 31.7 Å². The summed E-state index contributed by atoms with van der Waals surface area (Å²) < 4.78 is 0. The Morgan fingerprint density at radius 3 is 2.69 bits per heavy atom. The van der Waals surface area contributed by atoms with Crippen LogP contribution < -0.4 is 5.32 Å². The van der Waals surface area contributed by atoms with Gasteiger partial charge in [-0.1, -0.05) is 20.3 Å². The molecular formula is C14H28N2. The predicted molar refractivity (Wildman–Crippen MR) is 69.6 cm³/mol. The topological polar surface area (TPSA) is 15.3 Å². The van der Waals surface area contributed by atoms with Crippen LogP contribution in [-0.4, -0.2) is 36.6 Å². The molecule has 0 spiro atoms. The fourth-order valence-corrected chi connectivity index (χ4v) is 3.34. The predicted octanol–water partition coefficient (Wildman–Crippen LogP) is 2.49. The number of nitrogens with one attached hydrogen (secondary N) is 1. The average molecular weight is 224 g/mol. The highest BCUT2D eigenvalue weighted by Crippen LogP contribution is 2.31. The van der Waals surface area contributed by atoms with E-state index in [9.17, 15) is 0 Å². The van der Waals surface area contributed by atoms with Gasteiger partial charge in [-0.25, -0.2) is 0 Å². The number of piperazine rings is 1. The lowest BCUT2D eigenvalue weighted by Gasteiger charge is -2.39. The van der Waals surface area contributed by atoms with Gasteiger partial charge in [0.2, 0.25) is 0 Å². The summed E-state index contributed by atoms with van der Waals surface area (Å²) in [6, 6.07) is 1.47. The van der Waals surface area contributed by atoms with E-state index >= 15 is 0 Å². The van der Waals surface area contributed by atoms with Crippen LogP contribution in [0.5, 0.6) is 0 Å². The summed E-state index contributed by atoms with van der Waals surface area (Å²) in [5, 5.41) is 3.64.